The SMILES string of the molecule is NCCC=Cc1ccc(C(=O)O)cn1. The molecule has 4 nitrogen and oxygen atoms in total. The van der Waals surface area contributed by atoms with E-state index in [2.05, 4.69) is 4.98 Å². The summed E-state index contributed by atoms with van der Waals surface area (Å²) in [7, 11) is 0. The van der Waals surface area contributed by atoms with E-state index in [-0.39, 0.29) is 5.56 Å². The second-order valence-corrected chi connectivity index (χ2v) is 2.76. The third-order valence-corrected chi connectivity index (χ3v) is 1.66. The van der Waals surface area contributed by atoms with Crippen molar-refractivity contribution in [3.05, 3.63) is 35.7 Å². The summed E-state index contributed by atoms with van der Waals surface area (Å²) in [5, 5.41) is 8.62. The molecule has 0 bridgehead atoms. The van der Waals surface area contributed by atoms with Gasteiger partial charge in [-0.3, -0.25) is 4.98 Å². The molecule has 1 rings (SSSR count). The zero-order valence-electron chi connectivity index (χ0n) is 7.68. The first kappa shape index (κ1) is 10.4. The molecule has 1 aromatic rings. The van der Waals surface area contributed by atoms with Crippen molar-refractivity contribution >= 4 is 12.0 Å². The number of hydrogen-bond acceptors (Lipinski definition) is 3. The Morgan fingerprint density at radius 2 is 2.36 bits per heavy atom. The zero-order chi connectivity index (χ0) is 10.4. The predicted octanol–water partition coefficient (Wildman–Crippen LogP) is 1.14. The van der Waals surface area contributed by atoms with Crippen LogP contribution in [0, 0.1) is 0 Å². The van der Waals surface area contributed by atoms with Gasteiger partial charge in [0, 0.05) is 6.20 Å². The average Bonchev–Trinajstić information content (AvgIpc) is 2.19. The van der Waals surface area contributed by atoms with Crippen molar-refractivity contribution in [2.24, 2.45) is 5.73 Å². The number of nitrogens with zero attached hydrogens (tertiary/aromatic N) is 1. The molecule has 0 fully saturated rings. The van der Waals surface area contributed by atoms with E-state index in [0.717, 1.165) is 12.1 Å². The Morgan fingerprint density at radius 3 is 2.86 bits per heavy atom. The summed E-state index contributed by atoms with van der Waals surface area (Å²) in [4.78, 5) is 14.5. The highest BCUT2D eigenvalue weighted by atomic mass is 16.4. The third kappa shape index (κ3) is 2.99. The van der Waals surface area contributed by atoms with Crippen molar-refractivity contribution in [3.63, 3.8) is 0 Å². The number of pyridine rings is 1. The molecular formula is C10H12N2O2. The van der Waals surface area contributed by atoms with Crippen molar-refractivity contribution in [2.45, 2.75) is 6.42 Å². The van der Waals surface area contributed by atoms with E-state index in [0.29, 0.717) is 6.54 Å². The quantitative estimate of drug-likeness (QED) is 0.750. The molecule has 0 atom stereocenters. The molecule has 1 heterocycles. The van der Waals surface area contributed by atoms with Gasteiger partial charge in [-0.25, -0.2) is 4.79 Å². The number of aromatic nitrogens is 1. The molecule has 0 radical (unpaired) electrons. The van der Waals surface area contributed by atoms with Gasteiger partial charge in [-0.2, -0.15) is 0 Å². The van der Waals surface area contributed by atoms with Crippen LogP contribution < -0.4 is 5.73 Å². The monoisotopic (exact) mass is 192 g/mol. The van der Waals surface area contributed by atoms with Gasteiger partial charge in [-0.1, -0.05) is 6.08 Å². The Hall–Kier alpha value is -1.68. The first-order valence-corrected chi connectivity index (χ1v) is 4.30. The van der Waals surface area contributed by atoms with E-state index in [1.54, 1.807) is 6.07 Å². The maximum atomic E-state index is 10.5. The van der Waals surface area contributed by atoms with Crippen LogP contribution in [-0.4, -0.2) is 22.6 Å². The molecule has 0 saturated heterocycles. The van der Waals surface area contributed by atoms with Crippen molar-refractivity contribution in [3.8, 4) is 0 Å². The van der Waals surface area contributed by atoms with E-state index in [1.807, 2.05) is 12.2 Å². The number of hydrogen-bond donors (Lipinski definition) is 2. The summed E-state index contributed by atoms with van der Waals surface area (Å²) in [6.45, 7) is 0.601. The van der Waals surface area contributed by atoms with Gasteiger partial charge >= 0.3 is 5.97 Å². The number of aromatic carboxylic acids is 1. The van der Waals surface area contributed by atoms with Crippen LogP contribution >= 0.6 is 0 Å². The second kappa shape index (κ2) is 5.14. The minimum Gasteiger partial charge on any atom is -0.478 e. The maximum Gasteiger partial charge on any atom is 0.337 e. The fourth-order valence-corrected chi connectivity index (χ4v) is 0.931. The first-order chi connectivity index (χ1) is 6.74. The lowest BCUT2D eigenvalue weighted by Crippen LogP contribution is -1.97. The number of carbonyl (C=O) groups is 1. The van der Waals surface area contributed by atoms with Crippen molar-refractivity contribution in [1.82, 2.24) is 4.98 Å². The van der Waals surface area contributed by atoms with Crippen molar-refractivity contribution in [2.75, 3.05) is 6.54 Å². The molecule has 74 valence electrons. The van der Waals surface area contributed by atoms with Gasteiger partial charge in [0.25, 0.3) is 0 Å². The first-order valence-electron chi connectivity index (χ1n) is 4.30. The molecular weight excluding hydrogens is 180 g/mol. The number of rotatable bonds is 4. The molecule has 0 aliphatic heterocycles. The van der Waals surface area contributed by atoms with Gasteiger partial charge in [0.1, 0.15) is 0 Å². The second-order valence-electron chi connectivity index (χ2n) is 2.76. The molecule has 14 heavy (non-hydrogen) atoms. The van der Waals surface area contributed by atoms with E-state index < -0.39 is 5.97 Å². The van der Waals surface area contributed by atoms with Gasteiger partial charge in [0.15, 0.2) is 0 Å². The largest absolute Gasteiger partial charge is 0.478 e. The third-order valence-electron chi connectivity index (χ3n) is 1.66. The fourth-order valence-electron chi connectivity index (χ4n) is 0.931. The van der Waals surface area contributed by atoms with Crippen LogP contribution in [0.5, 0.6) is 0 Å². The Balaban J connectivity index is 2.68. The molecule has 3 N–H and O–H groups in total. The van der Waals surface area contributed by atoms with Crippen LogP contribution in [-0.2, 0) is 0 Å². The van der Waals surface area contributed by atoms with Crippen molar-refractivity contribution < 1.29 is 9.90 Å². The van der Waals surface area contributed by atoms with Gasteiger partial charge in [0.2, 0.25) is 0 Å². The zero-order valence-corrected chi connectivity index (χ0v) is 7.68. The molecule has 0 aliphatic rings. The van der Waals surface area contributed by atoms with E-state index in [9.17, 15) is 4.79 Å². The lowest BCUT2D eigenvalue weighted by Gasteiger charge is -1.94. The topological polar surface area (TPSA) is 76.2 Å². The average molecular weight is 192 g/mol. The summed E-state index contributed by atoms with van der Waals surface area (Å²) in [5.74, 6) is -0.963. The Morgan fingerprint density at radius 1 is 1.57 bits per heavy atom. The summed E-state index contributed by atoms with van der Waals surface area (Å²) < 4.78 is 0. The number of nitrogens with two attached hydrogens (primary N) is 1. The van der Waals surface area contributed by atoms with E-state index in [4.69, 9.17) is 10.8 Å². The number of carboxylic acid groups (broad SMARTS) is 1. The van der Waals surface area contributed by atoms with Crippen molar-refractivity contribution in [1.29, 1.82) is 0 Å². The highest BCUT2D eigenvalue weighted by Crippen LogP contribution is 2.02. The van der Waals surface area contributed by atoms with Crippen LogP contribution in [0.4, 0.5) is 0 Å². The minimum absolute atomic E-state index is 0.195. The Kier molecular flexibility index (Phi) is 3.82. The van der Waals surface area contributed by atoms with Gasteiger partial charge < -0.3 is 10.8 Å². The smallest absolute Gasteiger partial charge is 0.337 e. The molecule has 1 aromatic heterocycles. The van der Waals surface area contributed by atoms with Crippen LogP contribution in [0.2, 0.25) is 0 Å². The summed E-state index contributed by atoms with van der Waals surface area (Å²) in [6, 6.07) is 3.19. The number of carboxylic acids is 1. The Labute approximate surface area is 82.1 Å². The molecule has 0 aromatic carbocycles. The summed E-state index contributed by atoms with van der Waals surface area (Å²) >= 11 is 0. The molecule has 0 saturated carbocycles. The van der Waals surface area contributed by atoms with Gasteiger partial charge in [-0.15, -0.1) is 0 Å². The van der Waals surface area contributed by atoms with E-state index >= 15 is 0 Å². The predicted molar refractivity (Wildman–Crippen MR) is 53.9 cm³/mol. The van der Waals surface area contributed by atoms with Crippen LogP contribution in [0.25, 0.3) is 6.08 Å². The van der Waals surface area contributed by atoms with Gasteiger partial charge in [0.05, 0.1) is 11.3 Å². The maximum absolute atomic E-state index is 10.5. The van der Waals surface area contributed by atoms with Crippen LogP contribution in [0.15, 0.2) is 24.4 Å². The molecule has 0 spiro atoms. The highest BCUT2D eigenvalue weighted by Gasteiger charge is 2.00. The Bertz CT molecular complexity index is 330. The normalized spacial score (nSPS) is 10.6. The fraction of sp³-hybridized carbons (Fsp3) is 0.200. The lowest BCUT2D eigenvalue weighted by atomic mass is 10.2. The summed E-state index contributed by atoms with van der Waals surface area (Å²) in [6.07, 6.45) is 5.86. The van der Waals surface area contributed by atoms with Crippen LogP contribution in [0.1, 0.15) is 22.5 Å². The minimum atomic E-state index is -0.963. The molecule has 4 heteroatoms. The molecule has 0 amide bonds. The van der Waals surface area contributed by atoms with Gasteiger partial charge in [-0.05, 0) is 31.2 Å². The summed E-state index contributed by atoms with van der Waals surface area (Å²) in [5.41, 5.74) is 6.24. The molecule has 0 unspecified atom stereocenters. The molecule has 0 aliphatic carbocycles. The van der Waals surface area contributed by atoms with Crippen LogP contribution in [0.3, 0.4) is 0 Å². The standard InChI is InChI=1S/C10H12N2O2/c11-6-2-1-3-9-5-4-8(7-12-9)10(13)14/h1,3-5,7H,2,6,11H2,(H,13,14). The highest BCUT2D eigenvalue weighted by molar-refractivity contribution is 5.87. The van der Waals surface area contributed by atoms with E-state index in [1.165, 1.54) is 12.3 Å². The lowest BCUT2D eigenvalue weighted by molar-refractivity contribution is 0.0696.